The Labute approximate surface area is 130 Å². The maximum Gasteiger partial charge on any atom is 0.373 e. The maximum atomic E-state index is 11.4. The molecule has 3 rings (SSSR count). The molecule has 8 heteroatoms. The van der Waals surface area contributed by atoms with Crippen LogP contribution in [-0.2, 0) is 6.54 Å². The van der Waals surface area contributed by atoms with Crippen molar-refractivity contribution >= 4 is 11.5 Å². The lowest BCUT2D eigenvalue weighted by Gasteiger charge is -2.08. The van der Waals surface area contributed by atoms with Gasteiger partial charge < -0.3 is 14.5 Å². The van der Waals surface area contributed by atoms with Gasteiger partial charge in [-0.25, -0.2) is 4.98 Å². The van der Waals surface area contributed by atoms with E-state index in [4.69, 9.17) is 9.15 Å². The van der Waals surface area contributed by atoms with E-state index >= 15 is 0 Å². The van der Waals surface area contributed by atoms with Gasteiger partial charge in [0.2, 0.25) is 5.82 Å². The molecule has 2 aromatic heterocycles. The molecule has 1 N–H and O–H groups in total. The third-order valence-electron chi connectivity index (χ3n) is 2.94. The molecule has 0 spiro atoms. The third kappa shape index (κ3) is 3.43. The van der Waals surface area contributed by atoms with E-state index in [9.17, 15) is 10.1 Å². The first-order chi connectivity index (χ1) is 11.2. The Morgan fingerprint density at radius 2 is 2.00 bits per heavy atom. The van der Waals surface area contributed by atoms with Gasteiger partial charge in [-0.15, -0.1) is 0 Å². The lowest BCUT2D eigenvalue weighted by molar-refractivity contribution is -0.385. The molecule has 0 saturated heterocycles. The molecule has 0 radical (unpaired) electrons. The lowest BCUT2D eigenvalue weighted by atomic mass is 10.3. The average Bonchev–Trinajstić information content (AvgIpc) is 3.07. The highest BCUT2D eigenvalue weighted by Gasteiger charge is 2.25. The van der Waals surface area contributed by atoms with Gasteiger partial charge in [0.05, 0.1) is 17.7 Å². The van der Waals surface area contributed by atoms with Crippen LogP contribution in [0.5, 0.6) is 11.6 Å². The van der Waals surface area contributed by atoms with Crippen LogP contribution in [0.3, 0.4) is 0 Å². The summed E-state index contributed by atoms with van der Waals surface area (Å²) >= 11 is 0. The summed E-state index contributed by atoms with van der Waals surface area (Å²) in [5.41, 5.74) is -0.331. The summed E-state index contributed by atoms with van der Waals surface area (Å²) in [6.45, 7) is 0.260. The molecule has 2 heterocycles. The summed E-state index contributed by atoms with van der Waals surface area (Å²) in [6.07, 6.45) is 2.73. The first-order valence-corrected chi connectivity index (χ1v) is 6.72. The van der Waals surface area contributed by atoms with Gasteiger partial charge >= 0.3 is 11.6 Å². The van der Waals surface area contributed by atoms with Crippen molar-refractivity contribution in [3.05, 3.63) is 70.9 Å². The highest BCUT2D eigenvalue weighted by atomic mass is 16.6. The predicted octanol–water partition coefficient (Wildman–Crippen LogP) is 3.38. The number of aromatic nitrogens is 2. The van der Waals surface area contributed by atoms with Crippen molar-refractivity contribution < 1.29 is 14.1 Å². The van der Waals surface area contributed by atoms with E-state index in [0.717, 1.165) is 0 Å². The number of nitro groups is 1. The SMILES string of the molecule is O=[N+]([O-])c1c(NCc2ccco2)ncnc1Oc1ccccc1. The fourth-order valence-electron chi connectivity index (χ4n) is 1.92. The Kier molecular flexibility index (Phi) is 4.14. The zero-order chi connectivity index (χ0) is 16.1. The fraction of sp³-hybridized carbons (Fsp3) is 0.0667. The summed E-state index contributed by atoms with van der Waals surface area (Å²) in [4.78, 5) is 18.6. The van der Waals surface area contributed by atoms with Gasteiger partial charge in [-0.05, 0) is 24.3 Å². The van der Waals surface area contributed by atoms with E-state index in [-0.39, 0.29) is 23.9 Å². The topological polar surface area (TPSA) is 103 Å². The lowest BCUT2D eigenvalue weighted by Crippen LogP contribution is -2.06. The van der Waals surface area contributed by atoms with Gasteiger partial charge in [-0.2, -0.15) is 4.98 Å². The van der Waals surface area contributed by atoms with Gasteiger partial charge in [0.1, 0.15) is 17.8 Å². The van der Waals surface area contributed by atoms with Gasteiger partial charge in [-0.1, -0.05) is 18.2 Å². The van der Waals surface area contributed by atoms with E-state index in [1.807, 2.05) is 6.07 Å². The van der Waals surface area contributed by atoms with E-state index in [2.05, 4.69) is 15.3 Å². The molecule has 0 atom stereocenters. The highest BCUT2D eigenvalue weighted by molar-refractivity contribution is 5.61. The zero-order valence-corrected chi connectivity index (χ0v) is 11.9. The minimum atomic E-state index is -0.581. The number of nitrogens with one attached hydrogen (secondary N) is 1. The number of rotatable bonds is 6. The Bertz CT molecular complexity index is 791. The van der Waals surface area contributed by atoms with E-state index in [0.29, 0.717) is 11.5 Å². The van der Waals surface area contributed by atoms with Crippen LogP contribution in [0.25, 0.3) is 0 Å². The van der Waals surface area contributed by atoms with Crippen molar-refractivity contribution in [2.24, 2.45) is 0 Å². The summed E-state index contributed by atoms with van der Waals surface area (Å²) in [7, 11) is 0. The number of para-hydroxylation sites is 1. The zero-order valence-electron chi connectivity index (χ0n) is 11.9. The first-order valence-electron chi connectivity index (χ1n) is 6.72. The summed E-state index contributed by atoms with van der Waals surface area (Å²) in [5.74, 6) is 1.01. The van der Waals surface area contributed by atoms with Crippen molar-refractivity contribution in [1.29, 1.82) is 0 Å². The molecule has 8 nitrogen and oxygen atoms in total. The monoisotopic (exact) mass is 312 g/mol. The molecule has 23 heavy (non-hydrogen) atoms. The molecule has 3 aromatic rings. The Hall–Kier alpha value is -3.42. The van der Waals surface area contributed by atoms with Gasteiger partial charge in [0.25, 0.3) is 0 Å². The van der Waals surface area contributed by atoms with Crippen molar-refractivity contribution in [1.82, 2.24) is 9.97 Å². The van der Waals surface area contributed by atoms with Gasteiger partial charge in [0.15, 0.2) is 0 Å². The average molecular weight is 312 g/mol. The van der Waals surface area contributed by atoms with Crippen molar-refractivity contribution in [3.8, 4) is 11.6 Å². The van der Waals surface area contributed by atoms with Crippen LogP contribution >= 0.6 is 0 Å². The second-order valence-corrected chi connectivity index (χ2v) is 4.48. The molecular formula is C15H12N4O4. The minimum absolute atomic E-state index is 0.0623. The van der Waals surface area contributed by atoms with Crippen LogP contribution in [0.2, 0.25) is 0 Å². The predicted molar refractivity (Wildman–Crippen MR) is 81.2 cm³/mol. The van der Waals surface area contributed by atoms with Crippen LogP contribution in [0.1, 0.15) is 5.76 Å². The Balaban J connectivity index is 1.87. The Morgan fingerprint density at radius 3 is 2.70 bits per heavy atom. The van der Waals surface area contributed by atoms with Crippen LogP contribution < -0.4 is 10.1 Å². The molecule has 0 amide bonds. The fourth-order valence-corrected chi connectivity index (χ4v) is 1.92. The van der Waals surface area contributed by atoms with Crippen LogP contribution in [0.15, 0.2) is 59.5 Å². The number of benzene rings is 1. The molecule has 116 valence electrons. The first kappa shape index (κ1) is 14.5. The molecule has 0 aliphatic carbocycles. The van der Waals surface area contributed by atoms with Crippen molar-refractivity contribution in [2.75, 3.05) is 5.32 Å². The van der Waals surface area contributed by atoms with Crippen LogP contribution in [-0.4, -0.2) is 14.9 Å². The largest absolute Gasteiger partial charge is 0.467 e. The summed E-state index contributed by atoms with van der Waals surface area (Å²) in [5, 5.41) is 14.2. The molecule has 1 aromatic carbocycles. The second kappa shape index (κ2) is 6.56. The number of hydrogen-bond acceptors (Lipinski definition) is 7. The molecular weight excluding hydrogens is 300 g/mol. The third-order valence-corrected chi connectivity index (χ3v) is 2.94. The maximum absolute atomic E-state index is 11.4. The molecule has 0 bridgehead atoms. The number of ether oxygens (including phenoxy) is 1. The molecule has 0 unspecified atom stereocenters. The summed E-state index contributed by atoms with van der Waals surface area (Å²) < 4.78 is 10.7. The number of hydrogen-bond donors (Lipinski definition) is 1. The van der Waals surface area contributed by atoms with Crippen molar-refractivity contribution in [3.63, 3.8) is 0 Å². The minimum Gasteiger partial charge on any atom is -0.467 e. The quantitative estimate of drug-likeness (QED) is 0.549. The van der Waals surface area contributed by atoms with Crippen LogP contribution in [0, 0.1) is 10.1 Å². The standard InChI is InChI=1S/C15H12N4O4/c20-19(21)13-14(16-9-12-7-4-8-22-12)17-10-18-15(13)23-11-5-2-1-3-6-11/h1-8,10H,9H2,(H,16,17,18). The van der Waals surface area contributed by atoms with E-state index in [1.165, 1.54) is 12.6 Å². The number of furan rings is 1. The molecule has 0 fully saturated rings. The number of anilines is 1. The van der Waals surface area contributed by atoms with E-state index < -0.39 is 4.92 Å². The molecule has 0 saturated carbocycles. The van der Waals surface area contributed by atoms with Gasteiger partial charge in [-0.3, -0.25) is 10.1 Å². The second-order valence-electron chi connectivity index (χ2n) is 4.48. The summed E-state index contributed by atoms with van der Waals surface area (Å²) in [6, 6.07) is 12.2. The molecule has 0 aliphatic heterocycles. The Morgan fingerprint density at radius 1 is 1.17 bits per heavy atom. The smallest absolute Gasteiger partial charge is 0.373 e. The van der Waals surface area contributed by atoms with E-state index in [1.54, 1.807) is 36.4 Å². The normalized spacial score (nSPS) is 10.3. The van der Waals surface area contributed by atoms with Crippen molar-refractivity contribution in [2.45, 2.75) is 6.54 Å². The number of nitrogens with zero attached hydrogens (tertiary/aromatic N) is 3. The van der Waals surface area contributed by atoms with Crippen LogP contribution in [0.4, 0.5) is 11.5 Å². The molecule has 0 aliphatic rings. The highest BCUT2D eigenvalue weighted by Crippen LogP contribution is 2.34. The van der Waals surface area contributed by atoms with Gasteiger partial charge in [0, 0.05) is 0 Å².